The third-order valence-corrected chi connectivity index (χ3v) is 5.20. The second kappa shape index (κ2) is 7.25. The van der Waals surface area contributed by atoms with Crippen LogP contribution in [0, 0.1) is 0 Å². The fourth-order valence-electron chi connectivity index (χ4n) is 3.10. The van der Waals surface area contributed by atoms with Crippen LogP contribution < -0.4 is 0 Å². The van der Waals surface area contributed by atoms with Crippen LogP contribution in [0.2, 0.25) is 0 Å². The Labute approximate surface area is 145 Å². The molecule has 2 aliphatic rings. The van der Waals surface area contributed by atoms with Crippen LogP contribution >= 0.6 is 11.8 Å². The molecule has 1 unspecified atom stereocenters. The normalized spacial score (nSPS) is 20.6. The summed E-state index contributed by atoms with van der Waals surface area (Å²) in [5, 5.41) is 0. The molecule has 2 aliphatic heterocycles. The average Bonchev–Trinajstić information content (AvgIpc) is 3.20. The van der Waals surface area contributed by atoms with Crippen LogP contribution in [0.3, 0.4) is 0 Å². The number of cyclic esters (lactones) is 1. The van der Waals surface area contributed by atoms with Crippen molar-refractivity contribution in [1.29, 1.82) is 0 Å². The molecule has 0 radical (unpaired) electrons. The third-order valence-electron chi connectivity index (χ3n) is 4.45. The first-order valence-electron chi connectivity index (χ1n) is 7.98. The largest absolute Gasteiger partial charge is 0.439 e. The summed E-state index contributed by atoms with van der Waals surface area (Å²) in [5.41, 5.74) is 1.13. The number of thioether (sulfide) groups is 1. The van der Waals surface area contributed by atoms with E-state index in [1.807, 2.05) is 18.4 Å². The number of aryl methyl sites for hydroxylation is 1. The van der Waals surface area contributed by atoms with Crippen molar-refractivity contribution < 1.29 is 19.1 Å². The van der Waals surface area contributed by atoms with Gasteiger partial charge in [-0.2, -0.15) is 0 Å². The highest BCUT2D eigenvalue weighted by Gasteiger charge is 2.41. The maximum Gasteiger partial charge on any atom is 0.417 e. The van der Waals surface area contributed by atoms with E-state index in [0.717, 1.165) is 10.5 Å². The van der Waals surface area contributed by atoms with E-state index in [4.69, 9.17) is 4.74 Å². The van der Waals surface area contributed by atoms with Gasteiger partial charge in [-0.3, -0.25) is 9.59 Å². The van der Waals surface area contributed by atoms with Gasteiger partial charge in [0, 0.05) is 24.4 Å². The monoisotopic (exact) mass is 348 g/mol. The number of benzene rings is 1. The van der Waals surface area contributed by atoms with E-state index in [9.17, 15) is 14.4 Å². The van der Waals surface area contributed by atoms with E-state index in [0.29, 0.717) is 32.4 Å². The molecule has 0 aromatic heterocycles. The van der Waals surface area contributed by atoms with Gasteiger partial charge in [-0.25, -0.2) is 9.69 Å². The molecule has 0 spiro atoms. The van der Waals surface area contributed by atoms with Gasteiger partial charge in [-0.1, -0.05) is 12.1 Å². The predicted octanol–water partition coefficient (Wildman–Crippen LogP) is 1.92. The van der Waals surface area contributed by atoms with E-state index >= 15 is 0 Å². The van der Waals surface area contributed by atoms with Crippen molar-refractivity contribution in [3.8, 4) is 0 Å². The number of carbonyl (C=O) groups excluding carboxylic acids is 3. The van der Waals surface area contributed by atoms with Crippen LogP contribution in [-0.4, -0.2) is 59.7 Å². The molecule has 1 aromatic carbocycles. The Morgan fingerprint density at radius 3 is 2.67 bits per heavy atom. The Morgan fingerprint density at radius 1 is 1.29 bits per heavy atom. The van der Waals surface area contributed by atoms with Crippen LogP contribution in [-0.2, 0) is 20.7 Å². The summed E-state index contributed by atoms with van der Waals surface area (Å²) in [6, 6.07) is 7.95. The maximum absolute atomic E-state index is 12.4. The molecule has 7 heteroatoms. The number of hydrogen-bond acceptors (Lipinski definition) is 5. The van der Waals surface area contributed by atoms with Crippen LogP contribution in [0.25, 0.3) is 0 Å². The molecular weight excluding hydrogens is 328 g/mol. The molecule has 0 saturated carbocycles. The highest BCUT2D eigenvalue weighted by Crippen LogP contribution is 2.21. The topological polar surface area (TPSA) is 66.9 Å². The first-order valence-corrected chi connectivity index (χ1v) is 9.20. The number of imide groups is 1. The van der Waals surface area contributed by atoms with Gasteiger partial charge >= 0.3 is 6.09 Å². The first kappa shape index (κ1) is 16.8. The third kappa shape index (κ3) is 3.56. The number of carbonyl (C=O) groups is 3. The zero-order valence-electron chi connectivity index (χ0n) is 13.6. The minimum Gasteiger partial charge on any atom is -0.439 e. The molecule has 1 aromatic rings. The summed E-state index contributed by atoms with van der Waals surface area (Å²) in [7, 11) is 0. The number of amides is 3. The van der Waals surface area contributed by atoms with Crippen molar-refractivity contribution in [2.24, 2.45) is 0 Å². The molecule has 1 atom stereocenters. The molecule has 3 amide bonds. The number of likely N-dealkylation sites (tertiary alicyclic amines) is 1. The van der Waals surface area contributed by atoms with Crippen molar-refractivity contribution in [2.75, 3.05) is 26.0 Å². The van der Waals surface area contributed by atoms with Crippen molar-refractivity contribution >= 4 is 29.7 Å². The van der Waals surface area contributed by atoms with E-state index < -0.39 is 6.09 Å². The van der Waals surface area contributed by atoms with Crippen molar-refractivity contribution in [1.82, 2.24) is 9.80 Å². The second-order valence-electron chi connectivity index (χ2n) is 5.95. The van der Waals surface area contributed by atoms with E-state index in [2.05, 4.69) is 12.1 Å². The van der Waals surface area contributed by atoms with Crippen molar-refractivity contribution in [2.45, 2.75) is 30.2 Å². The second-order valence-corrected chi connectivity index (χ2v) is 6.83. The van der Waals surface area contributed by atoms with Gasteiger partial charge in [0.2, 0.25) is 5.91 Å². The number of hydrogen-bond donors (Lipinski definition) is 0. The van der Waals surface area contributed by atoms with Gasteiger partial charge in [0.05, 0.1) is 6.04 Å². The van der Waals surface area contributed by atoms with Gasteiger partial charge in [-0.15, -0.1) is 11.8 Å². The molecule has 0 aliphatic carbocycles. The Morgan fingerprint density at radius 2 is 2.04 bits per heavy atom. The van der Waals surface area contributed by atoms with Gasteiger partial charge < -0.3 is 9.64 Å². The standard InChI is InChI=1S/C17H20N2O4S/c1-24-14-5-2-12(3-6-14)4-7-15(20)18-9-8-13(10-18)19-16(21)11-23-17(19)22/h2-3,5-6,13H,4,7-11H2,1H3. The van der Waals surface area contributed by atoms with Crippen molar-refractivity contribution in [3.05, 3.63) is 29.8 Å². The highest BCUT2D eigenvalue weighted by molar-refractivity contribution is 7.98. The van der Waals surface area contributed by atoms with E-state index in [1.165, 1.54) is 4.90 Å². The van der Waals surface area contributed by atoms with E-state index in [1.54, 1.807) is 16.7 Å². The molecule has 2 saturated heterocycles. The van der Waals surface area contributed by atoms with Gasteiger partial charge in [0.15, 0.2) is 6.61 Å². The zero-order valence-corrected chi connectivity index (χ0v) is 14.4. The highest BCUT2D eigenvalue weighted by atomic mass is 32.2. The van der Waals surface area contributed by atoms with Crippen LogP contribution in [0.5, 0.6) is 0 Å². The van der Waals surface area contributed by atoms with Gasteiger partial charge in [-0.05, 0) is 36.8 Å². The summed E-state index contributed by atoms with van der Waals surface area (Å²) < 4.78 is 4.74. The lowest BCUT2D eigenvalue weighted by molar-refractivity contribution is -0.131. The molecular formula is C17H20N2O4S. The minimum absolute atomic E-state index is 0.0615. The lowest BCUT2D eigenvalue weighted by Gasteiger charge is -2.20. The molecule has 24 heavy (non-hydrogen) atoms. The van der Waals surface area contributed by atoms with Crippen LogP contribution in [0.1, 0.15) is 18.4 Å². The zero-order chi connectivity index (χ0) is 17.1. The quantitative estimate of drug-likeness (QED) is 0.761. The SMILES string of the molecule is CSc1ccc(CCC(=O)N2CCC(N3C(=O)COC3=O)C2)cc1. The maximum atomic E-state index is 12.4. The molecule has 2 heterocycles. The Balaban J connectivity index is 1.51. The molecule has 2 fully saturated rings. The summed E-state index contributed by atoms with van der Waals surface area (Å²) >= 11 is 1.69. The molecule has 128 valence electrons. The van der Waals surface area contributed by atoms with Crippen molar-refractivity contribution in [3.63, 3.8) is 0 Å². The van der Waals surface area contributed by atoms with Gasteiger partial charge in [0.25, 0.3) is 5.91 Å². The predicted molar refractivity (Wildman–Crippen MR) is 89.7 cm³/mol. The Hall–Kier alpha value is -2.02. The molecule has 6 nitrogen and oxygen atoms in total. The Kier molecular flexibility index (Phi) is 5.08. The fourth-order valence-corrected chi connectivity index (χ4v) is 3.51. The molecule has 0 N–H and O–H groups in total. The Bertz CT molecular complexity index is 630. The average molecular weight is 348 g/mol. The summed E-state index contributed by atoms with van der Waals surface area (Å²) in [4.78, 5) is 39.7. The summed E-state index contributed by atoms with van der Waals surface area (Å²) in [6.45, 7) is 0.798. The summed E-state index contributed by atoms with van der Waals surface area (Å²) in [5.74, 6) is -0.250. The van der Waals surface area contributed by atoms with Gasteiger partial charge in [0.1, 0.15) is 0 Å². The number of nitrogens with zero attached hydrogens (tertiary/aromatic N) is 2. The first-order chi connectivity index (χ1) is 11.6. The lowest BCUT2D eigenvalue weighted by Crippen LogP contribution is -2.42. The lowest BCUT2D eigenvalue weighted by atomic mass is 10.1. The van der Waals surface area contributed by atoms with E-state index in [-0.39, 0.29) is 24.5 Å². The van der Waals surface area contributed by atoms with Crippen LogP contribution in [0.15, 0.2) is 29.2 Å². The molecule has 0 bridgehead atoms. The summed E-state index contributed by atoms with van der Waals surface area (Å²) in [6.07, 6.45) is 3.19. The minimum atomic E-state index is -0.590. The smallest absolute Gasteiger partial charge is 0.417 e. The molecule has 3 rings (SSSR count). The number of rotatable bonds is 5. The number of ether oxygens (including phenoxy) is 1. The fraction of sp³-hybridized carbons (Fsp3) is 0.471. The van der Waals surface area contributed by atoms with Crippen LogP contribution in [0.4, 0.5) is 4.79 Å².